The molecule has 1 aromatic rings. The Hall–Kier alpha value is -1.64. The van der Waals surface area contributed by atoms with E-state index in [0.29, 0.717) is 12.3 Å². The van der Waals surface area contributed by atoms with Crippen LogP contribution in [0, 0.1) is 11.3 Å². The first-order chi connectivity index (χ1) is 9.71. The standard InChI is InChI=1S/C15H19N3O2/c1-12-9-18(14-4-3-13(7-16)17-8-14)10-15(20-12)5-2-6-19-11-15/h3-4,8,12H,2,5-6,9-11H2,1H3/t12-,15-/m0/s1. The Balaban J connectivity index is 1.80. The van der Waals surface area contributed by atoms with Gasteiger partial charge >= 0.3 is 0 Å². The molecule has 0 radical (unpaired) electrons. The van der Waals surface area contributed by atoms with Crippen molar-refractivity contribution in [3.63, 3.8) is 0 Å². The number of rotatable bonds is 1. The topological polar surface area (TPSA) is 58.4 Å². The maximum atomic E-state index is 8.82. The SMILES string of the molecule is C[C@H]1CN(c2ccc(C#N)nc2)C[C@]2(CCCOC2)O1. The first-order valence-electron chi connectivity index (χ1n) is 7.07. The van der Waals surface area contributed by atoms with Gasteiger partial charge in [-0.15, -0.1) is 0 Å². The molecule has 0 N–H and O–H groups in total. The fourth-order valence-corrected chi connectivity index (χ4v) is 3.10. The number of hydrogen-bond donors (Lipinski definition) is 0. The second kappa shape index (κ2) is 5.39. The fourth-order valence-electron chi connectivity index (χ4n) is 3.10. The molecule has 106 valence electrons. The first kappa shape index (κ1) is 13.3. The summed E-state index contributed by atoms with van der Waals surface area (Å²) in [5.74, 6) is 0. The van der Waals surface area contributed by atoms with Crippen LogP contribution < -0.4 is 4.90 Å². The summed E-state index contributed by atoms with van der Waals surface area (Å²) in [5, 5.41) is 8.82. The van der Waals surface area contributed by atoms with Gasteiger partial charge in [-0.1, -0.05) is 0 Å². The monoisotopic (exact) mass is 273 g/mol. The van der Waals surface area contributed by atoms with Crippen LogP contribution in [-0.4, -0.2) is 43.0 Å². The van der Waals surface area contributed by atoms with Crippen LogP contribution in [0.25, 0.3) is 0 Å². The van der Waals surface area contributed by atoms with Gasteiger partial charge in [0, 0.05) is 19.7 Å². The van der Waals surface area contributed by atoms with Crippen LogP contribution in [0.2, 0.25) is 0 Å². The highest BCUT2D eigenvalue weighted by Crippen LogP contribution is 2.32. The van der Waals surface area contributed by atoms with Crippen molar-refractivity contribution >= 4 is 5.69 Å². The van der Waals surface area contributed by atoms with Crippen molar-refractivity contribution in [3.8, 4) is 6.07 Å². The summed E-state index contributed by atoms with van der Waals surface area (Å²) in [6.07, 6.45) is 4.03. The largest absolute Gasteiger partial charge is 0.378 e. The molecule has 2 fully saturated rings. The van der Waals surface area contributed by atoms with Gasteiger partial charge in [-0.05, 0) is 31.9 Å². The van der Waals surface area contributed by atoms with Gasteiger partial charge in [-0.25, -0.2) is 4.98 Å². The molecule has 1 spiro atoms. The fraction of sp³-hybridized carbons (Fsp3) is 0.600. The summed E-state index contributed by atoms with van der Waals surface area (Å²) in [4.78, 5) is 6.44. The summed E-state index contributed by atoms with van der Waals surface area (Å²) >= 11 is 0. The second-order valence-corrected chi connectivity index (χ2v) is 5.66. The number of ether oxygens (including phenoxy) is 2. The summed E-state index contributed by atoms with van der Waals surface area (Å²) in [6.45, 7) is 5.26. The number of hydrogen-bond acceptors (Lipinski definition) is 5. The third-order valence-corrected chi connectivity index (χ3v) is 3.92. The van der Waals surface area contributed by atoms with Crippen LogP contribution >= 0.6 is 0 Å². The lowest BCUT2D eigenvalue weighted by Gasteiger charge is -2.47. The highest BCUT2D eigenvalue weighted by molar-refractivity contribution is 5.47. The van der Waals surface area contributed by atoms with Gasteiger partial charge < -0.3 is 14.4 Å². The normalized spacial score (nSPS) is 30.2. The number of nitriles is 1. The molecule has 0 unspecified atom stereocenters. The summed E-state index contributed by atoms with van der Waals surface area (Å²) in [6, 6.07) is 5.77. The van der Waals surface area contributed by atoms with E-state index < -0.39 is 0 Å². The van der Waals surface area contributed by atoms with Gasteiger partial charge in [0.05, 0.1) is 24.6 Å². The molecule has 1 aromatic heterocycles. The quantitative estimate of drug-likeness (QED) is 0.780. The molecule has 3 rings (SSSR count). The van der Waals surface area contributed by atoms with Crippen LogP contribution in [0.4, 0.5) is 5.69 Å². The molecule has 0 aromatic carbocycles. The lowest BCUT2D eigenvalue weighted by molar-refractivity contribution is -0.160. The van der Waals surface area contributed by atoms with Crippen molar-refractivity contribution in [1.82, 2.24) is 4.98 Å². The smallest absolute Gasteiger partial charge is 0.140 e. The molecule has 2 aliphatic heterocycles. The van der Waals surface area contributed by atoms with Crippen LogP contribution in [0.15, 0.2) is 18.3 Å². The van der Waals surface area contributed by atoms with Crippen molar-refractivity contribution in [2.75, 3.05) is 31.2 Å². The molecule has 2 saturated heterocycles. The first-order valence-corrected chi connectivity index (χ1v) is 7.07. The number of anilines is 1. The zero-order valence-corrected chi connectivity index (χ0v) is 11.7. The zero-order chi connectivity index (χ0) is 14.0. The van der Waals surface area contributed by atoms with E-state index in [4.69, 9.17) is 14.7 Å². The highest BCUT2D eigenvalue weighted by atomic mass is 16.6. The van der Waals surface area contributed by atoms with Gasteiger partial charge in [-0.3, -0.25) is 0 Å². The van der Waals surface area contributed by atoms with E-state index in [9.17, 15) is 0 Å². The van der Waals surface area contributed by atoms with Crippen molar-refractivity contribution in [1.29, 1.82) is 5.26 Å². The molecule has 0 aliphatic carbocycles. The molecule has 0 bridgehead atoms. The van der Waals surface area contributed by atoms with E-state index in [0.717, 1.165) is 38.2 Å². The Morgan fingerprint density at radius 2 is 2.40 bits per heavy atom. The van der Waals surface area contributed by atoms with E-state index in [1.165, 1.54) is 0 Å². The molecule has 2 aliphatic rings. The minimum absolute atomic E-state index is 0.168. The Bertz CT molecular complexity index is 503. The van der Waals surface area contributed by atoms with Gasteiger partial charge in [-0.2, -0.15) is 5.26 Å². The molecule has 5 nitrogen and oxygen atoms in total. The van der Waals surface area contributed by atoms with Gasteiger partial charge in [0.2, 0.25) is 0 Å². The minimum Gasteiger partial charge on any atom is -0.378 e. The van der Waals surface area contributed by atoms with Gasteiger partial charge in [0.15, 0.2) is 0 Å². The second-order valence-electron chi connectivity index (χ2n) is 5.66. The molecule has 5 heteroatoms. The molecule has 3 heterocycles. The third kappa shape index (κ3) is 2.62. The Morgan fingerprint density at radius 3 is 3.05 bits per heavy atom. The Labute approximate surface area is 119 Å². The van der Waals surface area contributed by atoms with Crippen LogP contribution in [-0.2, 0) is 9.47 Å². The maximum Gasteiger partial charge on any atom is 0.140 e. The summed E-state index contributed by atoms with van der Waals surface area (Å²) in [7, 11) is 0. The van der Waals surface area contributed by atoms with E-state index in [2.05, 4.69) is 16.8 Å². The van der Waals surface area contributed by atoms with Gasteiger partial charge in [0.1, 0.15) is 17.4 Å². The molecular weight excluding hydrogens is 254 g/mol. The van der Waals surface area contributed by atoms with Crippen molar-refractivity contribution in [3.05, 3.63) is 24.0 Å². The molecule has 20 heavy (non-hydrogen) atoms. The summed E-state index contributed by atoms with van der Waals surface area (Å²) < 4.78 is 11.8. The third-order valence-electron chi connectivity index (χ3n) is 3.92. The highest BCUT2D eigenvalue weighted by Gasteiger charge is 2.41. The lowest BCUT2D eigenvalue weighted by Crippen LogP contribution is -2.58. The van der Waals surface area contributed by atoms with Crippen LogP contribution in [0.1, 0.15) is 25.5 Å². The molecular formula is C15H19N3O2. The predicted molar refractivity (Wildman–Crippen MR) is 74.5 cm³/mol. The lowest BCUT2D eigenvalue weighted by atomic mass is 9.93. The average Bonchev–Trinajstić information content (AvgIpc) is 2.47. The zero-order valence-electron chi connectivity index (χ0n) is 11.7. The van der Waals surface area contributed by atoms with Crippen molar-refractivity contribution < 1.29 is 9.47 Å². The summed E-state index contributed by atoms with van der Waals surface area (Å²) in [5.41, 5.74) is 1.30. The van der Waals surface area contributed by atoms with Crippen LogP contribution in [0.3, 0.4) is 0 Å². The maximum absolute atomic E-state index is 8.82. The predicted octanol–water partition coefficient (Wildman–Crippen LogP) is 1.73. The van der Waals surface area contributed by atoms with E-state index >= 15 is 0 Å². The average molecular weight is 273 g/mol. The Kier molecular flexibility index (Phi) is 3.60. The van der Waals surface area contributed by atoms with Crippen LogP contribution in [0.5, 0.6) is 0 Å². The van der Waals surface area contributed by atoms with Crippen molar-refractivity contribution in [2.24, 2.45) is 0 Å². The molecule has 0 saturated carbocycles. The Morgan fingerprint density at radius 1 is 1.50 bits per heavy atom. The number of morpholine rings is 1. The van der Waals surface area contributed by atoms with E-state index in [1.807, 2.05) is 12.1 Å². The van der Waals surface area contributed by atoms with Gasteiger partial charge in [0.25, 0.3) is 0 Å². The van der Waals surface area contributed by atoms with Crippen molar-refractivity contribution in [2.45, 2.75) is 31.5 Å². The number of pyridine rings is 1. The number of aromatic nitrogens is 1. The minimum atomic E-state index is -0.191. The molecule has 2 atom stereocenters. The van der Waals surface area contributed by atoms with E-state index in [-0.39, 0.29) is 11.7 Å². The number of nitrogens with zero attached hydrogens (tertiary/aromatic N) is 3. The van der Waals surface area contributed by atoms with E-state index in [1.54, 1.807) is 12.3 Å². The molecule has 0 amide bonds.